The van der Waals surface area contributed by atoms with E-state index < -0.39 is 5.97 Å². The standard InChI is InChI=1S/C21H14Cl2N2O4S/c22-14-6-5-13(17(23)9-14)11-28-18-4-2-1-3-16(18)20(27)29-12-15-10-19(26)25-7-8-30-21(25)24-15/h1-10H,11-12H2. The summed E-state index contributed by atoms with van der Waals surface area (Å²) in [6, 6.07) is 13.2. The van der Waals surface area contributed by atoms with E-state index in [9.17, 15) is 9.59 Å². The topological polar surface area (TPSA) is 69.9 Å². The van der Waals surface area contributed by atoms with E-state index in [-0.39, 0.29) is 24.3 Å². The summed E-state index contributed by atoms with van der Waals surface area (Å²) in [4.78, 5) is 29.5. The normalized spacial score (nSPS) is 10.9. The molecule has 0 radical (unpaired) electrons. The van der Waals surface area contributed by atoms with Crippen LogP contribution in [-0.4, -0.2) is 15.4 Å². The molecule has 0 N–H and O–H groups in total. The van der Waals surface area contributed by atoms with Crippen LogP contribution >= 0.6 is 34.5 Å². The van der Waals surface area contributed by atoms with Crippen LogP contribution in [0.15, 0.2) is 64.9 Å². The first kappa shape index (κ1) is 20.4. The lowest BCUT2D eigenvalue weighted by Gasteiger charge is -2.12. The maximum absolute atomic E-state index is 12.6. The van der Waals surface area contributed by atoms with Crippen molar-refractivity contribution >= 4 is 45.5 Å². The molecule has 2 heterocycles. The van der Waals surface area contributed by atoms with Gasteiger partial charge in [0.15, 0.2) is 4.96 Å². The van der Waals surface area contributed by atoms with Gasteiger partial charge in [0.25, 0.3) is 5.56 Å². The van der Waals surface area contributed by atoms with E-state index >= 15 is 0 Å². The number of hydrogen-bond acceptors (Lipinski definition) is 6. The van der Waals surface area contributed by atoms with Crippen molar-refractivity contribution in [3.63, 3.8) is 0 Å². The molecule has 0 bridgehead atoms. The molecular formula is C21H14Cl2N2O4S. The zero-order valence-electron chi connectivity index (χ0n) is 15.4. The van der Waals surface area contributed by atoms with Crippen LogP contribution in [0.4, 0.5) is 0 Å². The fourth-order valence-corrected chi connectivity index (χ4v) is 3.94. The molecule has 4 aromatic rings. The van der Waals surface area contributed by atoms with E-state index in [4.69, 9.17) is 32.7 Å². The predicted molar refractivity (Wildman–Crippen MR) is 116 cm³/mol. The summed E-state index contributed by atoms with van der Waals surface area (Å²) in [5, 5.41) is 2.77. The smallest absolute Gasteiger partial charge is 0.342 e. The van der Waals surface area contributed by atoms with Gasteiger partial charge in [-0.25, -0.2) is 9.78 Å². The summed E-state index contributed by atoms with van der Waals surface area (Å²) in [5.74, 6) is -0.226. The van der Waals surface area contributed by atoms with Gasteiger partial charge in [0.1, 0.15) is 24.5 Å². The van der Waals surface area contributed by atoms with Gasteiger partial charge in [-0.2, -0.15) is 0 Å². The van der Waals surface area contributed by atoms with Crippen molar-refractivity contribution in [2.75, 3.05) is 0 Å². The molecule has 0 saturated carbocycles. The van der Waals surface area contributed by atoms with Gasteiger partial charge in [0.2, 0.25) is 0 Å². The van der Waals surface area contributed by atoms with Crippen molar-refractivity contribution in [3.05, 3.63) is 97.3 Å². The molecule has 2 aromatic carbocycles. The SMILES string of the molecule is O=C(OCc1cc(=O)n2ccsc2n1)c1ccccc1OCc1ccc(Cl)cc1Cl. The van der Waals surface area contributed by atoms with Crippen molar-refractivity contribution in [1.82, 2.24) is 9.38 Å². The van der Waals surface area contributed by atoms with Crippen LogP contribution in [0.5, 0.6) is 5.75 Å². The van der Waals surface area contributed by atoms with Gasteiger partial charge >= 0.3 is 5.97 Å². The number of para-hydroxylation sites is 1. The maximum Gasteiger partial charge on any atom is 0.342 e. The first-order valence-corrected chi connectivity index (χ1v) is 10.4. The number of carbonyl (C=O) groups excluding carboxylic acids is 1. The third-order valence-corrected chi connectivity index (χ3v) is 5.56. The largest absolute Gasteiger partial charge is 0.488 e. The minimum atomic E-state index is -0.582. The molecule has 2 aromatic heterocycles. The van der Waals surface area contributed by atoms with Gasteiger partial charge < -0.3 is 9.47 Å². The highest BCUT2D eigenvalue weighted by atomic mass is 35.5. The number of rotatable bonds is 6. The predicted octanol–water partition coefficient (Wildman–Crippen LogP) is 5.00. The molecule has 0 unspecified atom stereocenters. The average Bonchev–Trinajstić information content (AvgIpc) is 3.21. The zero-order chi connectivity index (χ0) is 21.1. The van der Waals surface area contributed by atoms with Crippen LogP contribution in [0.2, 0.25) is 10.0 Å². The molecule has 0 fully saturated rings. The lowest BCUT2D eigenvalue weighted by atomic mass is 10.2. The summed E-state index contributed by atoms with van der Waals surface area (Å²) in [6.45, 7) is 0.0352. The van der Waals surface area contributed by atoms with Gasteiger partial charge in [0.05, 0.1) is 5.69 Å². The Morgan fingerprint density at radius 2 is 1.93 bits per heavy atom. The lowest BCUT2D eigenvalue weighted by molar-refractivity contribution is 0.0462. The van der Waals surface area contributed by atoms with Crippen LogP contribution in [0.3, 0.4) is 0 Å². The van der Waals surface area contributed by atoms with Crippen LogP contribution in [0.1, 0.15) is 21.6 Å². The van der Waals surface area contributed by atoms with E-state index in [1.807, 2.05) is 0 Å². The number of fused-ring (bicyclic) bond motifs is 1. The first-order chi connectivity index (χ1) is 14.5. The highest BCUT2D eigenvalue weighted by Gasteiger charge is 2.15. The summed E-state index contributed by atoms with van der Waals surface area (Å²) >= 11 is 13.4. The number of ether oxygens (including phenoxy) is 2. The summed E-state index contributed by atoms with van der Waals surface area (Å²) in [7, 11) is 0. The Balaban J connectivity index is 1.46. The van der Waals surface area contributed by atoms with Gasteiger partial charge in [-0.1, -0.05) is 41.4 Å². The van der Waals surface area contributed by atoms with E-state index in [0.29, 0.717) is 26.4 Å². The fraction of sp³-hybridized carbons (Fsp3) is 0.0952. The third-order valence-electron chi connectivity index (χ3n) is 4.21. The Hall–Kier alpha value is -2.87. The molecular weight excluding hydrogens is 447 g/mol. The second-order valence-electron chi connectivity index (χ2n) is 6.24. The first-order valence-electron chi connectivity index (χ1n) is 8.80. The van der Waals surface area contributed by atoms with Crippen LogP contribution in [-0.2, 0) is 18.0 Å². The maximum atomic E-state index is 12.6. The summed E-state index contributed by atoms with van der Waals surface area (Å²) in [5.41, 5.74) is 1.15. The molecule has 0 aliphatic carbocycles. The van der Waals surface area contributed by atoms with Crippen LogP contribution in [0.25, 0.3) is 4.96 Å². The molecule has 152 valence electrons. The molecule has 0 saturated heterocycles. The highest BCUT2D eigenvalue weighted by molar-refractivity contribution is 7.15. The molecule has 0 aliphatic heterocycles. The molecule has 6 nitrogen and oxygen atoms in total. The quantitative estimate of drug-likeness (QED) is 0.378. The van der Waals surface area contributed by atoms with E-state index in [0.717, 1.165) is 5.56 Å². The third kappa shape index (κ3) is 4.48. The van der Waals surface area contributed by atoms with E-state index in [1.54, 1.807) is 54.0 Å². The summed E-state index contributed by atoms with van der Waals surface area (Å²) < 4.78 is 12.6. The fourth-order valence-electron chi connectivity index (χ4n) is 2.73. The number of esters is 1. The van der Waals surface area contributed by atoms with Gasteiger partial charge in [0, 0.05) is 33.3 Å². The van der Waals surface area contributed by atoms with Crippen molar-refractivity contribution in [1.29, 1.82) is 0 Å². The zero-order valence-corrected chi connectivity index (χ0v) is 17.7. The second-order valence-corrected chi connectivity index (χ2v) is 7.95. The number of carbonyl (C=O) groups is 1. The average molecular weight is 461 g/mol. The molecule has 30 heavy (non-hydrogen) atoms. The summed E-state index contributed by atoms with van der Waals surface area (Å²) in [6.07, 6.45) is 1.64. The molecule has 0 atom stereocenters. The van der Waals surface area contributed by atoms with Gasteiger partial charge in [-0.3, -0.25) is 9.20 Å². The van der Waals surface area contributed by atoms with E-state index in [1.165, 1.54) is 21.8 Å². The van der Waals surface area contributed by atoms with Crippen molar-refractivity contribution in [2.45, 2.75) is 13.2 Å². The van der Waals surface area contributed by atoms with Crippen molar-refractivity contribution in [2.24, 2.45) is 0 Å². The van der Waals surface area contributed by atoms with Crippen LogP contribution < -0.4 is 10.3 Å². The second kappa shape index (κ2) is 8.87. The minimum absolute atomic E-state index is 0.125. The Morgan fingerprint density at radius 1 is 1.10 bits per heavy atom. The molecule has 4 rings (SSSR count). The molecule has 0 aliphatic rings. The Morgan fingerprint density at radius 3 is 2.77 bits per heavy atom. The number of benzene rings is 2. The number of nitrogens with zero attached hydrogens (tertiary/aromatic N) is 2. The molecule has 0 amide bonds. The minimum Gasteiger partial charge on any atom is -0.488 e. The lowest BCUT2D eigenvalue weighted by Crippen LogP contribution is -2.15. The van der Waals surface area contributed by atoms with Gasteiger partial charge in [-0.05, 0) is 24.3 Å². The number of thiazole rings is 1. The van der Waals surface area contributed by atoms with Gasteiger partial charge in [-0.15, -0.1) is 11.3 Å². The van der Waals surface area contributed by atoms with Crippen molar-refractivity contribution in [3.8, 4) is 5.75 Å². The number of hydrogen-bond donors (Lipinski definition) is 0. The van der Waals surface area contributed by atoms with Crippen LogP contribution in [0, 0.1) is 0 Å². The monoisotopic (exact) mass is 460 g/mol. The number of aromatic nitrogens is 2. The highest BCUT2D eigenvalue weighted by Crippen LogP contribution is 2.25. The Bertz CT molecular complexity index is 1290. The Kier molecular flexibility index (Phi) is 6.03. The molecule has 0 spiro atoms. The Labute approximate surface area is 185 Å². The molecule has 9 heteroatoms. The van der Waals surface area contributed by atoms with Crippen molar-refractivity contribution < 1.29 is 14.3 Å². The van der Waals surface area contributed by atoms with E-state index in [2.05, 4.69) is 4.98 Å². The number of halogens is 2.